The van der Waals surface area contributed by atoms with Crippen molar-refractivity contribution in [3.63, 3.8) is 0 Å². The van der Waals surface area contributed by atoms with Crippen LogP contribution in [0.4, 0.5) is 0 Å². The summed E-state index contributed by atoms with van der Waals surface area (Å²) >= 11 is 0. The Morgan fingerprint density at radius 3 is 3.00 bits per heavy atom. The first kappa shape index (κ1) is 9.90. The first-order valence-electron chi connectivity index (χ1n) is 5.44. The van der Waals surface area contributed by atoms with Crippen LogP contribution in [0.1, 0.15) is 0 Å². The Hall–Kier alpha value is -2.29. The van der Waals surface area contributed by atoms with Crippen LogP contribution < -0.4 is 4.74 Å². The highest BCUT2D eigenvalue weighted by atomic mass is 16.5. The van der Waals surface area contributed by atoms with Crippen molar-refractivity contribution in [1.29, 1.82) is 0 Å². The number of fused-ring (bicyclic) bond motifs is 1. The van der Waals surface area contributed by atoms with Gasteiger partial charge in [0, 0.05) is 28.9 Å². The van der Waals surface area contributed by atoms with Crippen molar-refractivity contribution in [3.05, 3.63) is 48.9 Å². The lowest BCUT2D eigenvalue weighted by Crippen LogP contribution is -1.86. The van der Waals surface area contributed by atoms with E-state index < -0.39 is 0 Å². The number of pyridine rings is 1. The van der Waals surface area contributed by atoms with Crippen LogP contribution in [0.5, 0.6) is 5.75 Å². The Morgan fingerprint density at radius 1 is 1.18 bits per heavy atom. The number of benzene rings is 1. The number of ether oxygens (including phenoxy) is 1. The molecule has 3 aromatic rings. The van der Waals surface area contributed by atoms with Gasteiger partial charge in [-0.15, -0.1) is 0 Å². The minimum Gasteiger partial charge on any atom is -0.495 e. The fourth-order valence-electron chi connectivity index (χ4n) is 2.01. The molecule has 0 radical (unpaired) electrons. The molecule has 0 aliphatic carbocycles. The van der Waals surface area contributed by atoms with Gasteiger partial charge in [-0.1, -0.05) is 12.1 Å². The van der Waals surface area contributed by atoms with E-state index in [0.717, 1.165) is 22.4 Å². The molecule has 3 nitrogen and oxygen atoms in total. The van der Waals surface area contributed by atoms with Gasteiger partial charge in [-0.25, -0.2) is 0 Å². The van der Waals surface area contributed by atoms with Crippen LogP contribution in [0.15, 0.2) is 48.9 Å². The molecule has 0 spiro atoms. The van der Waals surface area contributed by atoms with E-state index in [9.17, 15) is 0 Å². The van der Waals surface area contributed by atoms with Crippen LogP contribution in [0, 0.1) is 0 Å². The molecule has 2 aromatic heterocycles. The average molecular weight is 224 g/mol. The van der Waals surface area contributed by atoms with Gasteiger partial charge in [0.15, 0.2) is 0 Å². The Balaban J connectivity index is 2.23. The van der Waals surface area contributed by atoms with Crippen LogP contribution in [-0.4, -0.2) is 17.1 Å². The predicted octanol–water partition coefficient (Wildman–Crippen LogP) is 3.24. The zero-order valence-electron chi connectivity index (χ0n) is 9.47. The van der Waals surface area contributed by atoms with E-state index in [4.69, 9.17) is 4.74 Å². The summed E-state index contributed by atoms with van der Waals surface area (Å²) in [5.41, 5.74) is 3.36. The number of hydrogen-bond donors (Lipinski definition) is 1. The maximum Gasteiger partial charge on any atom is 0.137 e. The second kappa shape index (κ2) is 3.94. The quantitative estimate of drug-likeness (QED) is 0.725. The maximum atomic E-state index is 5.20. The smallest absolute Gasteiger partial charge is 0.137 e. The van der Waals surface area contributed by atoms with E-state index in [1.165, 1.54) is 5.39 Å². The van der Waals surface area contributed by atoms with Crippen LogP contribution in [0.25, 0.3) is 22.0 Å². The van der Waals surface area contributed by atoms with E-state index in [-0.39, 0.29) is 0 Å². The molecule has 0 aliphatic heterocycles. The van der Waals surface area contributed by atoms with Gasteiger partial charge >= 0.3 is 0 Å². The molecule has 0 amide bonds. The molecule has 0 saturated carbocycles. The molecule has 0 bridgehead atoms. The summed E-state index contributed by atoms with van der Waals surface area (Å²) in [6, 6.07) is 10.3. The molecular weight excluding hydrogens is 212 g/mol. The third-order valence-corrected chi connectivity index (χ3v) is 2.85. The molecule has 0 fully saturated rings. The van der Waals surface area contributed by atoms with E-state index in [1.807, 2.05) is 24.5 Å². The van der Waals surface area contributed by atoms with Gasteiger partial charge in [-0.3, -0.25) is 4.98 Å². The Bertz CT molecular complexity index is 658. The molecular formula is C14H12N2O. The summed E-state index contributed by atoms with van der Waals surface area (Å²) in [4.78, 5) is 7.39. The van der Waals surface area contributed by atoms with Gasteiger partial charge in [0.2, 0.25) is 0 Å². The average Bonchev–Trinajstić information content (AvgIpc) is 2.87. The van der Waals surface area contributed by atoms with Gasteiger partial charge in [0.1, 0.15) is 5.75 Å². The summed E-state index contributed by atoms with van der Waals surface area (Å²) in [6.45, 7) is 0. The van der Waals surface area contributed by atoms with Crippen molar-refractivity contribution in [3.8, 4) is 16.9 Å². The summed E-state index contributed by atoms with van der Waals surface area (Å²) in [5.74, 6) is 0.773. The SMILES string of the molecule is COc1cncc(-c2cccc3[nH]ccc23)c1. The van der Waals surface area contributed by atoms with Crippen molar-refractivity contribution in [2.75, 3.05) is 7.11 Å². The molecule has 1 aromatic carbocycles. The summed E-state index contributed by atoms with van der Waals surface area (Å²) in [5, 5.41) is 1.20. The van der Waals surface area contributed by atoms with E-state index in [1.54, 1.807) is 13.3 Å². The highest BCUT2D eigenvalue weighted by molar-refractivity contribution is 5.95. The highest BCUT2D eigenvalue weighted by Crippen LogP contribution is 2.29. The Kier molecular flexibility index (Phi) is 2.29. The third-order valence-electron chi connectivity index (χ3n) is 2.85. The fourth-order valence-corrected chi connectivity index (χ4v) is 2.01. The molecule has 3 rings (SSSR count). The molecule has 0 unspecified atom stereocenters. The van der Waals surface area contributed by atoms with Gasteiger partial charge in [0.25, 0.3) is 0 Å². The molecule has 3 heteroatoms. The number of aromatic nitrogens is 2. The topological polar surface area (TPSA) is 37.9 Å². The molecule has 0 aliphatic rings. The monoisotopic (exact) mass is 224 g/mol. The minimum atomic E-state index is 0.773. The maximum absolute atomic E-state index is 5.20. The number of rotatable bonds is 2. The van der Waals surface area contributed by atoms with Gasteiger partial charge in [0.05, 0.1) is 13.3 Å². The molecule has 2 heterocycles. The lowest BCUT2D eigenvalue weighted by molar-refractivity contribution is 0.413. The first-order valence-corrected chi connectivity index (χ1v) is 5.44. The molecule has 0 atom stereocenters. The molecule has 1 N–H and O–H groups in total. The lowest BCUT2D eigenvalue weighted by Gasteiger charge is -2.05. The molecule has 0 saturated heterocycles. The largest absolute Gasteiger partial charge is 0.495 e. The summed E-state index contributed by atoms with van der Waals surface area (Å²) < 4.78 is 5.20. The summed E-state index contributed by atoms with van der Waals surface area (Å²) in [7, 11) is 1.65. The number of aromatic amines is 1. The minimum absolute atomic E-state index is 0.773. The third kappa shape index (κ3) is 1.65. The molecule has 84 valence electrons. The van der Waals surface area contributed by atoms with Crippen LogP contribution in [0.3, 0.4) is 0 Å². The van der Waals surface area contributed by atoms with Gasteiger partial charge in [-0.05, 0) is 23.8 Å². The predicted molar refractivity (Wildman–Crippen MR) is 68.1 cm³/mol. The first-order chi connectivity index (χ1) is 8.38. The lowest BCUT2D eigenvalue weighted by atomic mass is 10.0. The van der Waals surface area contributed by atoms with Crippen LogP contribution in [0.2, 0.25) is 0 Å². The van der Waals surface area contributed by atoms with Crippen molar-refractivity contribution in [1.82, 2.24) is 9.97 Å². The zero-order valence-corrected chi connectivity index (χ0v) is 9.47. The van der Waals surface area contributed by atoms with Crippen molar-refractivity contribution >= 4 is 10.9 Å². The van der Waals surface area contributed by atoms with Crippen molar-refractivity contribution in [2.45, 2.75) is 0 Å². The number of hydrogen-bond acceptors (Lipinski definition) is 2. The Labute approximate surface area is 99.1 Å². The fraction of sp³-hybridized carbons (Fsp3) is 0.0714. The normalized spacial score (nSPS) is 10.6. The van der Waals surface area contributed by atoms with Gasteiger partial charge < -0.3 is 9.72 Å². The number of methoxy groups -OCH3 is 1. The second-order valence-corrected chi connectivity index (χ2v) is 3.86. The van der Waals surface area contributed by atoms with Crippen molar-refractivity contribution < 1.29 is 4.74 Å². The van der Waals surface area contributed by atoms with E-state index in [2.05, 4.69) is 28.2 Å². The van der Waals surface area contributed by atoms with Crippen LogP contribution in [-0.2, 0) is 0 Å². The number of nitrogens with one attached hydrogen (secondary N) is 1. The van der Waals surface area contributed by atoms with E-state index in [0.29, 0.717) is 0 Å². The second-order valence-electron chi connectivity index (χ2n) is 3.86. The standard InChI is InChI=1S/C14H12N2O/c1-17-11-7-10(8-15-9-11)12-3-2-4-14-13(12)5-6-16-14/h2-9,16H,1H3. The molecule has 17 heavy (non-hydrogen) atoms. The van der Waals surface area contributed by atoms with Crippen LogP contribution >= 0.6 is 0 Å². The number of nitrogens with zero attached hydrogens (tertiary/aromatic N) is 1. The van der Waals surface area contributed by atoms with Gasteiger partial charge in [-0.2, -0.15) is 0 Å². The highest BCUT2D eigenvalue weighted by Gasteiger charge is 2.05. The zero-order chi connectivity index (χ0) is 11.7. The Morgan fingerprint density at radius 2 is 2.12 bits per heavy atom. The van der Waals surface area contributed by atoms with Crippen molar-refractivity contribution in [2.24, 2.45) is 0 Å². The summed E-state index contributed by atoms with van der Waals surface area (Å²) in [6.07, 6.45) is 5.51. The van der Waals surface area contributed by atoms with E-state index >= 15 is 0 Å². The number of H-pyrrole nitrogens is 1.